The van der Waals surface area contributed by atoms with E-state index in [4.69, 9.17) is 5.11 Å². The van der Waals surface area contributed by atoms with E-state index in [1.165, 1.54) is 10.9 Å². The Balaban J connectivity index is 0.00000208. The average Bonchev–Trinajstić information content (AvgIpc) is 2.94. The number of carbonyl (C=O) groups is 1. The van der Waals surface area contributed by atoms with E-state index in [2.05, 4.69) is 27.9 Å². The van der Waals surface area contributed by atoms with Crippen molar-refractivity contribution in [3.8, 4) is 5.69 Å². The Hall–Kier alpha value is -2.59. The monoisotopic (exact) mass is 342 g/mol. The van der Waals surface area contributed by atoms with Crippen LogP contribution < -0.4 is 0 Å². The molecule has 4 nitrogen and oxygen atoms in total. The van der Waals surface area contributed by atoms with Gasteiger partial charge in [0.25, 0.3) is 0 Å². The highest BCUT2D eigenvalue weighted by molar-refractivity contribution is 5.86. The highest BCUT2D eigenvalue weighted by atomic mass is 35.5. The fourth-order valence-electron chi connectivity index (χ4n) is 2.69. The number of allylic oxidation sites excluding steroid dienone is 1. The van der Waals surface area contributed by atoms with Gasteiger partial charge in [0.1, 0.15) is 0 Å². The molecule has 0 unspecified atom stereocenters. The minimum absolute atomic E-state index is 0. The van der Waals surface area contributed by atoms with Crippen molar-refractivity contribution in [2.24, 2.45) is 0 Å². The van der Waals surface area contributed by atoms with Crippen LogP contribution in [0.25, 0.3) is 16.6 Å². The molecule has 0 aliphatic rings. The predicted molar refractivity (Wildman–Crippen MR) is 98.0 cm³/mol. The Labute approximate surface area is 146 Å². The van der Waals surface area contributed by atoms with Crippen molar-refractivity contribution >= 4 is 29.3 Å². The van der Waals surface area contributed by atoms with Crippen LogP contribution in [-0.4, -0.2) is 20.6 Å². The maximum absolute atomic E-state index is 10.9. The molecule has 2 aromatic heterocycles. The third kappa shape index (κ3) is 3.66. The first-order chi connectivity index (χ1) is 11.2. The number of carboxylic acid groups (broad SMARTS) is 1. The summed E-state index contributed by atoms with van der Waals surface area (Å²) < 4.78 is 2.13. The van der Waals surface area contributed by atoms with Gasteiger partial charge in [0.05, 0.1) is 17.4 Å². The van der Waals surface area contributed by atoms with Crippen LogP contribution in [0.15, 0.2) is 66.6 Å². The second-order valence-electron chi connectivity index (χ2n) is 5.48. The number of hydrogen-bond donors (Lipinski definition) is 1. The molecule has 2 heterocycles. The molecule has 0 saturated heterocycles. The Morgan fingerprint density at radius 3 is 2.75 bits per heavy atom. The number of para-hydroxylation sites is 1. The number of benzene rings is 1. The van der Waals surface area contributed by atoms with E-state index in [-0.39, 0.29) is 12.4 Å². The van der Waals surface area contributed by atoms with Gasteiger partial charge in [-0.1, -0.05) is 24.3 Å². The fraction of sp³-hybridized carbons (Fsp3) is 0.158. The molecular formula is C19H19ClN2O2. The molecule has 0 amide bonds. The smallest absolute Gasteiger partial charge is 0.330 e. The van der Waals surface area contributed by atoms with Gasteiger partial charge in [-0.2, -0.15) is 0 Å². The van der Waals surface area contributed by atoms with Gasteiger partial charge < -0.3 is 9.67 Å². The van der Waals surface area contributed by atoms with Gasteiger partial charge in [-0.3, -0.25) is 4.98 Å². The Kier molecular flexibility index (Phi) is 5.77. The first-order valence-corrected chi connectivity index (χ1v) is 7.56. The van der Waals surface area contributed by atoms with E-state index in [0.717, 1.165) is 17.6 Å². The zero-order valence-corrected chi connectivity index (χ0v) is 14.2. The molecule has 124 valence electrons. The number of aryl methyl sites for hydroxylation is 1. The number of fused-ring (bicyclic) bond motifs is 1. The van der Waals surface area contributed by atoms with E-state index in [1.807, 2.05) is 30.5 Å². The predicted octanol–water partition coefficient (Wildman–Crippen LogP) is 4.41. The summed E-state index contributed by atoms with van der Waals surface area (Å²) in [7, 11) is 0. The van der Waals surface area contributed by atoms with Crippen LogP contribution in [0.5, 0.6) is 0 Å². The SMILES string of the molecule is C/C(=C\CCc1cn(-c2cccnc2)c2ccccc12)C(=O)O.Cl. The van der Waals surface area contributed by atoms with Crippen molar-refractivity contribution in [3.05, 3.63) is 72.2 Å². The van der Waals surface area contributed by atoms with Crippen molar-refractivity contribution in [3.63, 3.8) is 0 Å². The third-order valence-electron chi connectivity index (χ3n) is 3.92. The first-order valence-electron chi connectivity index (χ1n) is 7.56. The summed E-state index contributed by atoms with van der Waals surface area (Å²) in [5, 5.41) is 10.1. The van der Waals surface area contributed by atoms with E-state index < -0.39 is 5.97 Å². The fourth-order valence-corrected chi connectivity index (χ4v) is 2.69. The Morgan fingerprint density at radius 1 is 1.25 bits per heavy atom. The number of carboxylic acids is 1. The molecule has 3 aromatic rings. The number of rotatable bonds is 5. The van der Waals surface area contributed by atoms with E-state index >= 15 is 0 Å². The van der Waals surface area contributed by atoms with Crippen LogP contribution in [0.1, 0.15) is 18.9 Å². The van der Waals surface area contributed by atoms with E-state index in [9.17, 15) is 4.79 Å². The van der Waals surface area contributed by atoms with Gasteiger partial charge >= 0.3 is 5.97 Å². The van der Waals surface area contributed by atoms with Gasteiger partial charge in [-0.15, -0.1) is 12.4 Å². The maximum Gasteiger partial charge on any atom is 0.330 e. The van der Waals surface area contributed by atoms with Crippen LogP contribution in [-0.2, 0) is 11.2 Å². The van der Waals surface area contributed by atoms with Crippen LogP contribution in [0.3, 0.4) is 0 Å². The molecule has 0 radical (unpaired) electrons. The second kappa shape index (κ2) is 7.79. The topological polar surface area (TPSA) is 55.1 Å². The molecular weight excluding hydrogens is 324 g/mol. The highest BCUT2D eigenvalue weighted by Crippen LogP contribution is 2.25. The normalized spacial score (nSPS) is 11.3. The van der Waals surface area contributed by atoms with Gasteiger partial charge in [-0.25, -0.2) is 4.79 Å². The van der Waals surface area contributed by atoms with Crippen LogP contribution in [0.4, 0.5) is 0 Å². The molecule has 1 N–H and O–H groups in total. The van der Waals surface area contributed by atoms with Crippen molar-refractivity contribution in [2.75, 3.05) is 0 Å². The molecule has 0 spiro atoms. The summed E-state index contributed by atoms with van der Waals surface area (Å²) >= 11 is 0. The maximum atomic E-state index is 10.9. The van der Waals surface area contributed by atoms with Crippen LogP contribution in [0, 0.1) is 0 Å². The zero-order chi connectivity index (χ0) is 16.2. The van der Waals surface area contributed by atoms with E-state index in [0.29, 0.717) is 12.0 Å². The standard InChI is InChI=1S/C19H18N2O2.ClH/c1-14(19(22)23)6-4-7-15-13-21(16-8-5-11-20-12-16)18-10-3-2-9-17(15)18;/h2-3,5-6,8-13H,4,7H2,1H3,(H,22,23);1H/b14-6+;. The molecule has 5 heteroatoms. The molecule has 0 saturated carbocycles. The lowest BCUT2D eigenvalue weighted by molar-refractivity contribution is -0.132. The zero-order valence-electron chi connectivity index (χ0n) is 13.3. The van der Waals surface area contributed by atoms with Crippen LogP contribution >= 0.6 is 12.4 Å². The van der Waals surface area contributed by atoms with Crippen LogP contribution in [0.2, 0.25) is 0 Å². The van der Waals surface area contributed by atoms with Gasteiger partial charge in [0.2, 0.25) is 0 Å². The minimum Gasteiger partial charge on any atom is -0.478 e. The number of halogens is 1. The molecule has 0 atom stereocenters. The van der Waals surface area contributed by atoms with Crippen molar-refractivity contribution in [1.29, 1.82) is 0 Å². The minimum atomic E-state index is -0.859. The number of nitrogens with zero attached hydrogens (tertiary/aromatic N) is 2. The average molecular weight is 343 g/mol. The lowest BCUT2D eigenvalue weighted by Gasteiger charge is -2.03. The molecule has 0 fully saturated rings. The summed E-state index contributed by atoms with van der Waals surface area (Å²) in [4.78, 5) is 15.1. The second-order valence-corrected chi connectivity index (χ2v) is 5.48. The quantitative estimate of drug-likeness (QED) is 0.699. The molecule has 24 heavy (non-hydrogen) atoms. The van der Waals surface area contributed by atoms with Crippen molar-refractivity contribution in [1.82, 2.24) is 9.55 Å². The molecule has 0 aliphatic carbocycles. The molecule has 1 aromatic carbocycles. The van der Waals surface area contributed by atoms with Gasteiger partial charge in [0.15, 0.2) is 0 Å². The van der Waals surface area contributed by atoms with Gasteiger partial charge in [0, 0.05) is 23.4 Å². The summed E-state index contributed by atoms with van der Waals surface area (Å²) in [5.41, 5.74) is 3.75. The number of aliphatic carboxylic acids is 1. The summed E-state index contributed by atoms with van der Waals surface area (Å²) in [6.45, 7) is 1.63. The van der Waals surface area contributed by atoms with Crippen molar-refractivity contribution < 1.29 is 9.90 Å². The Bertz CT molecular complexity index is 869. The summed E-state index contributed by atoms with van der Waals surface area (Å²) in [6, 6.07) is 12.2. The summed E-state index contributed by atoms with van der Waals surface area (Å²) in [6.07, 6.45) is 9.00. The lowest BCUT2D eigenvalue weighted by atomic mass is 10.1. The molecule has 3 rings (SSSR count). The molecule has 0 aliphatic heterocycles. The van der Waals surface area contributed by atoms with Crippen molar-refractivity contribution in [2.45, 2.75) is 19.8 Å². The number of pyridine rings is 1. The molecule has 0 bridgehead atoms. The number of hydrogen-bond acceptors (Lipinski definition) is 2. The lowest BCUT2D eigenvalue weighted by Crippen LogP contribution is -1.96. The summed E-state index contributed by atoms with van der Waals surface area (Å²) in [5.74, 6) is -0.859. The highest BCUT2D eigenvalue weighted by Gasteiger charge is 2.09. The van der Waals surface area contributed by atoms with Gasteiger partial charge in [-0.05, 0) is 43.5 Å². The van der Waals surface area contributed by atoms with E-state index in [1.54, 1.807) is 19.2 Å². The third-order valence-corrected chi connectivity index (χ3v) is 3.92. The Morgan fingerprint density at radius 2 is 2.04 bits per heavy atom. The largest absolute Gasteiger partial charge is 0.478 e. The first kappa shape index (κ1) is 17.8. The number of aromatic nitrogens is 2.